The summed E-state index contributed by atoms with van der Waals surface area (Å²) in [5, 5.41) is 4.06. The van der Waals surface area contributed by atoms with Crippen molar-refractivity contribution in [2.24, 2.45) is 0 Å². The first-order valence-corrected chi connectivity index (χ1v) is 8.32. The third-order valence-electron chi connectivity index (χ3n) is 4.89. The molecule has 2 atom stereocenters. The summed E-state index contributed by atoms with van der Waals surface area (Å²) in [6, 6.07) is 9.02. The van der Waals surface area contributed by atoms with Gasteiger partial charge in [0.2, 0.25) is 0 Å². The van der Waals surface area contributed by atoms with Gasteiger partial charge in [-0.25, -0.2) is 13.5 Å². The van der Waals surface area contributed by atoms with Crippen molar-refractivity contribution in [1.29, 1.82) is 0 Å². The van der Waals surface area contributed by atoms with Gasteiger partial charge in [0.1, 0.15) is 5.69 Å². The minimum Gasteiger partial charge on any atom is -0.335 e. The van der Waals surface area contributed by atoms with E-state index in [4.69, 9.17) is 0 Å². The monoisotopic (exact) mass is 348 g/mol. The Balaban J connectivity index is 1.95. The molecule has 0 radical (unpaired) electrons. The van der Waals surface area contributed by atoms with E-state index in [9.17, 15) is 13.6 Å². The first-order valence-electron chi connectivity index (χ1n) is 8.32. The van der Waals surface area contributed by atoms with Crippen molar-refractivity contribution < 1.29 is 13.6 Å². The predicted octanol–water partition coefficient (Wildman–Crippen LogP) is 2.97. The van der Waals surface area contributed by atoms with Crippen LogP contribution in [0.3, 0.4) is 0 Å². The van der Waals surface area contributed by atoms with Crippen molar-refractivity contribution >= 4 is 5.91 Å². The van der Waals surface area contributed by atoms with Crippen LogP contribution in [-0.4, -0.2) is 57.7 Å². The number of alkyl halides is 2. The number of carbonyl (C=O) groups is 1. The maximum absolute atomic E-state index is 13.7. The van der Waals surface area contributed by atoms with Gasteiger partial charge >= 0.3 is 0 Å². The average Bonchev–Trinajstić information content (AvgIpc) is 3.04. The van der Waals surface area contributed by atoms with Gasteiger partial charge in [-0.1, -0.05) is 18.2 Å². The number of nitrogens with zero attached hydrogens (tertiary/aromatic N) is 4. The molecule has 1 aromatic carbocycles. The van der Waals surface area contributed by atoms with Gasteiger partial charge in [-0.3, -0.25) is 9.69 Å². The van der Waals surface area contributed by atoms with Crippen molar-refractivity contribution in [3.05, 3.63) is 47.8 Å². The molecule has 1 aromatic heterocycles. The summed E-state index contributed by atoms with van der Waals surface area (Å²) in [5.41, 5.74) is 0.134. The number of piperazine rings is 1. The van der Waals surface area contributed by atoms with Crippen molar-refractivity contribution in [3.63, 3.8) is 0 Å². The second-order valence-corrected chi connectivity index (χ2v) is 6.57. The molecule has 1 fully saturated rings. The third-order valence-corrected chi connectivity index (χ3v) is 4.89. The average molecular weight is 348 g/mol. The summed E-state index contributed by atoms with van der Waals surface area (Å²) >= 11 is 0. The van der Waals surface area contributed by atoms with Crippen LogP contribution in [0, 0.1) is 0 Å². The number of aromatic nitrogens is 2. The van der Waals surface area contributed by atoms with E-state index in [1.807, 2.05) is 20.9 Å². The molecule has 5 nitrogen and oxygen atoms in total. The van der Waals surface area contributed by atoms with E-state index >= 15 is 0 Å². The number of hydrogen-bond acceptors (Lipinski definition) is 3. The molecule has 0 aliphatic carbocycles. The first kappa shape index (κ1) is 17.5. The van der Waals surface area contributed by atoms with E-state index in [0.717, 1.165) is 4.68 Å². The Morgan fingerprint density at radius 3 is 2.32 bits per heavy atom. The number of carbonyl (C=O) groups excluding carboxylic acids is 1. The van der Waals surface area contributed by atoms with Crippen LogP contribution in [0.4, 0.5) is 8.78 Å². The Hall–Kier alpha value is -2.28. The molecule has 0 unspecified atom stereocenters. The van der Waals surface area contributed by atoms with Crippen LogP contribution in [0.2, 0.25) is 0 Å². The van der Waals surface area contributed by atoms with Crippen LogP contribution in [-0.2, 0) is 0 Å². The fraction of sp³-hybridized carbons (Fsp3) is 0.444. The Morgan fingerprint density at radius 1 is 1.16 bits per heavy atom. The molecule has 0 saturated carbocycles. The van der Waals surface area contributed by atoms with E-state index in [1.165, 1.54) is 6.20 Å². The Kier molecular flexibility index (Phi) is 4.85. The SMILES string of the molecule is C[C@@H]1CN(C(=O)c2cnn(-c3ccccc3)c2C(F)F)C[C@H](C)N1C. The van der Waals surface area contributed by atoms with Crippen molar-refractivity contribution in [2.45, 2.75) is 32.4 Å². The zero-order valence-electron chi connectivity index (χ0n) is 14.6. The standard InChI is InChI=1S/C18H22F2N4O/c1-12-10-23(11-13(2)22(12)3)18(25)15-9-21-24(16(15)17(19)20)14-7-5-4-6-8-14/h4-9,12-13,17H,10-11H2,1-3H3/t12-,13+. The molecule has 1 aliphatic rings. The van der Waals surface area contributed by atoms with Crippen LogP contribution >= 0.6 is 0 Å². The molecule has 7 heteroatoms. The van der Waals surface area contributed by atoms with E-state index in [-0.39, 0.29) is 29.2 Å². The van der Waals surface area contributed by atoms with Crippen molar-refractivity contribution in [3.8, 4) is 5.69 Å². The highest BCUT2D eigenvalue weighted by Crippen LogP contribution is 2.27. The maximum Gasteiger partial charge on any atom is 0.281 e. The number of amides is 1. The molecule has 1 saturated heterocycles. The Bertz CT molecular complexity index is 735. The van der Waals surface area contributed by atoms with Crippen LogP contribution in [0.5, 0.6) is 0 Å². The topological polar surface area (TPSA) is 41.4 Å². The Morgan fingerprint density at radius 2 is 1.76 bits per heavy atom. The van der Waals surface area contributed by atoms with Gasteiger partial charge in [-0.2, -0.15) is 5.10 Å². The number of para-hydroxylation sites is 1. The van der Waals surface area contributed by atoms with Gasteiger partial charge in [0, 0.05) is 25.2 Å². The maximum atomic E-state index is 13.7. The molecule has 1 aliphatic heterocycles. The highest BCUT2D eigenvalue weighted by atomic mass is 19.3. The number of benzene rings is 1. The number of halogens is 2. The molecule has 3 rings (SSSR count). The summed E-state index contributed by atoms with van der Waals surface area (Å²) in [4.78, 5) is 16.7. The summed E-state index contributed by atoms with van der Waals surface area (Å²) in [5.74, 6) is -0.385. The van der Waals surface area contributed by atoms with Crippen molar-refractivity contribution in [2.75, 3.05) is 20.1 Å². The molecule has 1 amide bonds. The fourth-order valence-corrected chi connectivity index (χ4v) is 3.25. The second kappa shape index (κ2) is 6.92. The lowest BCUT2D eigenvalue weighted by Gasteiger charge is -2.42. The van der Waals surface area contributed by atoms with Gasteiger partial charge in [-0.05, 0) is 33.0 Å². The largest absolute Gasteiger partial charge is 0.335 e. The number of hydrogen-bond donors (Lipinski definition) is 0. The van der Waals surface area contributed by atoms with Crippen LogP contribution < -0.4 is 0 Å². The molecule has 0 N–H and O–H groups in total. The molecule has 25 heavy (non-hydrogen) atoms. The van der Waals surface area contributed by atoms with Crippen LogP contribution in [0.15, 0.2) is 36.5 Å². The zero-order valence-corrected chi connectivity index (χ0v) is 14.6. The lowest BCUT2D eigenvalue weighted by Crippen LogP contribution is -2.56. The Labute approximate surface area is 145 Å². The zero-order chi connectivity index (χ0) is 18.1. The van der Waals surface area contributed by atoms with E-state index in [1.54, 1.807) is 35.2 Å². The normalized spacial score (nSPS) is 21.8. The van der Waals surface area contributed by atoms with Gasteiger partial charge in [-0.15, -0.1) is 0 Å². The number of likely N-dealkylation sites (N-methyl/N-ethyl adjacent to an activating group) is 1. The fourth-order valence-electron chi connectivity index (χ4n) is 3.25. The molecular weight excluding hydrogens is 326 g/mol. The van der Waals surface area contributed by atoms with Gasteiger partial charge in [0.25, 0.3) is 12.3 Å². The molecule has 2 aromatic rings. The predicted molar refractivity (Wildman–Crippen MR) is 91.1 cm³/mol. The van der Waals surface area contributed by atoms with Crippen molar-refractivity contribution in [1.82, 2.24) is 19.6 Å². The highest BCUT2D eigenvalue weighted by molar-refractivity contribution is 5.95. The van der Waals surface area contributed by atoms with Crippen LogP contribution in [0.1, 0.15) is 36.3 Å². The van der Waals surface area contributed by atoms with Gasteiger partial charge in [0.05, 0.1) is 17.4 Å². The minimum atomic E-state index is -2.79. The summed E-state index contributed by atoms with van der Waals surface area (Å²) in [6.07, 6.45) is -1.53. The molecule has 2 heterocycles. The third kappa shape index (κ3) is 3.28. The van der Waals surface area contributed by atoms with Gasteiger partial charge < -0.3 is 4.90 Å². The summed E-state index contributed by atoms with van der Waals surface area (Å²) < 4.78 is 28.6. The minimum absolute atomic E-state index is 0.0252. The van der Waals surface area contributed by atoms with Crippen LogP contribution in [0.25, 0.3) is 5.69 Å². The lowest BCUT2D eigenvalue weighted by molar-refractivity contribution is 0.0407. The van der Waals surface area contributed by atoms with E-state index in [2.05, 4.69) is 10.00 Å². The summed E-state index contributed by atoms with van der Waals surface area (Å²) in [6.45, 7) is 5.08. The molecular formula is C18H22F2N4O. The molecule has 0 bridgehead atoms. The second-order valence-electron chi connectivity index (χ2n) is 6.57. The number of rotatable bonds is 3. The highest BCUT2D eigenvalue weighted by Gasteiger charge is 2.33. The quantitative estimate of drug-likeness (QED) is 0.856. The van der Waals surface area contributed by atoms with E-state index in [0.29, 0.717) is 18.8 Å². The van der Waals surface area contributed by atoms with E-state index < -0.39 is 6.43 Å². The lowest BCUT2D eigenvalue weighted by atomic mass is 10.1. The summed E-state index contributed by atoms with van der Waals surface area (Å²) in [7, 11) is 2.01. The molecule has 134 valence electrons. The molecule has 0 spiro atoms. The van der Waals surface area contributed by atoms with Gasteiger partial charge in [0.15, 0.2) is 0 Å². The first-order chi connectivity index (χ1) is 11.9. The smallest absolute Gasteiger partial charge is 0.281 e.